The number of carbonyl (C=O) groups is 1. The first-order chi connectivity index (χ1) is 13.6. The van der Waals surface area contributed by atoms with Gasteiger partial charge in [-0.2, -0.15) is 0 Å². The highest BCUT2D eigenvalue weighted by Gasteiger charge is 2.20. The molecule has 2 N–H and O–H groups in total. The van der Waals surface area contributed by atoms with Crippen LogP contribution in [0.5, 0.6) is 0 Å². The Labute approximate surface area is 183 Å². The van der Waals surface area contributed by atoms with Crippen molar-refractivity contribution in [3.63, 3.8) is 0 Å². The largest absolute Gasteiger partial charge is 0.298 e. The predicted molar refractivity (Wildman–Crippen MR) is 120 cm³/mol. The van der Waals surface area contributed by atoms with E-state index in [9.17, 15) is 13.2 Å². The first kappa shape index (κ1) is 21.9. The van der Waals surface area contributed by atoms with Crippen molar-refractivity contribution < 1.29 is 13.2 Å². The molecule has 0 fully saturated rings. The van der Waals surface area contributed by atoms with E-state index in [2.05, 4.69) is 21.1 Å². The van der Waals surface area contributed by atoms with Crippen LogP contribution in [0.25, 0.3) is 11.3 Å². The molecule has 0 unspecified atom stereocenters. The molecule has 0 saturated heterocycles. The van der Waals surface area contributed by atoms with Crippen molar-refractivity contribution >= 4 is 55.3 Å². The van der Waals surface area contributed by atoms with E-state index in [1.54, 1.807) is 25.2 Å². The molecule has 2 heterocycles. The van der Waals surface area contributed by atoms with Crippen molar-refractivity contribution in [3.05, 3.63) is 50.0 Å². The lowest BCUT2D eigenvalue weighted by Crippen LogP contribution is -2.30. The Hall–Kier alpha value is -1.78. The number of benzene rings is 1. The van der Waals surface area contributed by atoms with Gasteiger partial charge in [-0.15, -0.1) is 22.7 Å². The molecule has 0 bridgehead atoms. The maximum atomic E-state index is 12.7. The van der Waals surface area contributed by atoms with Crippen LogP contribution in [0, 0.1) is 13.8 Å². The molecule has 0 radical (unpaired) electrons. The summed E-state index contributed by atoms with van der Waals surface area (Å²) in [6.45, 7) is 7.50. The molecule has 2 aromatic heterocycles. The normalized spacial score (nSPS) is 11.8. The molecule has 3 aromatic rings. The second kappa shape index (κ2) is 8.53. The Kier molecular flexibility index (Phi) is 6.45. The first-order valence-corrected chi connectivity index (χ1v) is 12.3. The lowest BCUT2D eigenvalue weighted by atomic mass is 10.2. The molecule has 0 aliphatic heterocycles. The minimum atomic E-state index is -3.74. The van der Waals surface area contributed by atoms with Gasteiger partial charge in [-0.05, 0) is 52.0 Å². The van der Waals surface area contributed by atoms with E-state index in [1.165, 1.54) is 34.4 Å². The van der Waals surface area contributed by atoms with Crippen LogP contribution in [-0.2, 0) is 10.0 Å². The third-order valence-electron chi connectivity index (χ3n) is 3.93. The summed E-state index contributed by atoms with van der Waals surface area (Å²) in [7, 11) is -3.74. The average Bonchev–Trinajstić information content (AvgIpc) is 3.19. The van der Waals surface area contributed by atoms with Crippen molar-refractivity contribution in [3.8, 4) is 11.3 Å². The molecule has 10 heteroatoms. The number of nitrogens with zero attached hydrogens (tertiary/aromatic N) is 1. The second-order valence-corrected chi connectivity index (χ2v) is 11.2. The van der Waals surface area contributed by atoms with Crippen LogP contribution < -0.4 is 10.0 Å². The van der Waals surface area contributed by atoms with Gasteiger partial charge in [0.1, 0.15) is 0 Å². The van der Waals surface area contributed by atoms with Crippen molar-refractivity contribution in [1.82, 2.24) is 9.71 Å². The van der Waals surface area contributed by atoms with Gasteiger partial charge in [0.25, 0.3) is 5.91 Å². The van der Waals surface area contributed by atoms with E-state index in [0.29, 0.717) is 5.13 Å². The highest BCUT2D eigenvalue weighted by Crippen LogP contribution is 2.33. The molecule has 0 aliphatic carbocycles. The molecule has 1 amide bonds. The smallest absolute Gasteiger partial charge is 0.259 e. The quantitative estimate of drug-likeness (QED) is 0.526. The standard InChI is InChI=1S/C19H20ClN3O3S3/c1-10(2)23-29(25,26)13-5-6-16(20)15(8-13)18(24)22-19-21-17(9-27-19)14-7-11(3)28-12(14)4/h5-10,23H,1-4H3,(H,21,22,24). The number of carbonyl (C=O) groups excluding carboxylic acids is 1. The summed E-state index contributed by atoms with van der Waals surface area (Å²) in [5, 5.41) is 5.16. The third-order valence-corrected chi connectivity index (χ3v) is 7.63. The zero-order chi connectivity index (χ0) is 21.3. The summed E-state index contributed by atoms with van der Waals surface area (Å²) in [6, 6.07) is 5.82. The minimum absolute atomic E-state index is 0.0232. The number of nitrogens with one attached hydrogen (secondary N) is 2. The number of thiazole rings is 1. The van der Waals surface area contributed by atoms with Gasteiger partial charge >= 0.3 is 0 Å². The summed E-state index contributed by atoms with van der Waals surface area (Å²) in [5.41, 5.74) is 1.89. The summed E-state index contributed by atoms with van der Waals surface area (Å²) in [6.07, 6.45) is 0. The molecule has 0 saturated carbocycles. The van der Waals surface area contributed by atoms with Gasteiger partial charge in [-0.1, -0.05) is 11.6 Å². The van der Waals surface area contributed by atoms with Crippen LogP contribution in [0.4, 0.5) is 5.13 Å². The summed E-state index contributed by atoms with van der Waals surface area (Å²) in [4.78, 5) is 19.5. The van der Waals surface area contributed by atoms with Gasteiger partial charge < -0.3 is 0 Å². The zero-order valence-electron chi connectivity index (χ0n) is 16.2. The Balaban J connectivity index is 1.85. The molecule has 154 valence electrons. The summed E-state index contributed by atoms with van der Waals surface area (Å²) in [5.74, 6) is -0.518. The topological polar surface area (TPSA) is 88.2 Å². The van der Waals surface area contributed by atoms with Gasteiger partial charge in [-0.3, -0.25) is 10.1 Å². The van der Waals surface area contributed by atoms with Crippen LogP contribution in [0.1, 0.15) is 34.0 Å². The number of hydrogen-bond donors (Lipinski definition) is 2. The van der Waals surface area contributed by atoms with Crippen LogP contribution >= 0.6 is 34.3 Å². The highest BCUT2D eigenvalue weighted by atomic mass is 35.5. The number of amides is 1. The Bertz CT molecular complexity index is 1170. The molecule has 29 heavy (non-hydrogen) atoms. The van der Waals surface area contributed by atoms with Gasteiger partial charge in [0.2, 0.25) is 10.0 Å². The van der Waals surface area contributed by atoms with Crippen LogP contribution in [0.2, 0.25) is 5.02 Å². The Morgan fingerprint density at radius 3 is 2.55 bits per heavy atom. The van der Waals surface area contributed by atoms with Crippen molar-refractivity contribution in [2.45, 2.75) is 38.6 Å². The van der Waals surface area contributed by atoms with Gasteiger partial charge in [-0.25, -0.2) is 18.1 Å². The molecular formula is C19H20ClN3O3S3. The Morgan fingerprint density at radius 1 is 1.21 bits per heavy atom. The second-order valence-electron chi connectivity index (χ2n) is 6.74. The van der Waals surface area contributed by atoms with E-state index >= 15 is 0 Å². The van der Waals surface area contributed by atoms with E-state index in [1.807, 2.05) is 19.2 Å². The molecule has 1 aromatic carbocycles. The fraction of sp³-hybridized carbons (Fsp3) is 0.263. The molecule has 0 spiro atoms. The van der Waals surface area contributed by atoms with E-state index in [4.69, 9.17) is 11.6 Å². The SMILES string of the molecule is Cc1cc(-c2csc(NC(=O)c3cc(S(=O)(=O)NC(C)C)ccc3Cl)n2)c(C)s1. The molecule has 0 aliphatic rings. The summed E-state index contributed by atoms with van der Waals surface area (Å²) >= 11 is 9.13. The number of halogens is 1. The molecule has 0 atom stereocenters. The van der Waals surface area contributed by atoms with E-state index in [0.717, 1.165) is 16.1 Å². The lowest BCUT2D eigenvalue weighted by Gasteiger charge is -2.11. The predicted octanol–water partition coefficient (Wildman–Crippen LogP) is 5.08. The van der Waals surface area contributed by atoms with E-state index in [-0.39, 0.29) is 21.5 Å². The molecular weight excluding hydrogens is 450 g/mol. The van der Waals surface area contributed by atoms with Crippen molar-refractivity contribution in [2.24, 2.45) is 0 Å². The fourth-order valence-electron chi connectivity index (χ4n) is 2.73. The number of aryl methyl sites for hydroxylation is 2. The summed E-state index contributed by atoms with van der Waals surface area (Å²) < 4.78 is 27.3. The number of hydrogen-bond acceptors (Lipinski definition) is 6. The number of aromatic nitrogens is 1. The maximum absolute atomic E-state index is 12.7. The van der Waals surface area contributed by atoms with Gasteiger partial charge in [0.15, 0.2) is 5.13 Å². The molecule has 3 rings (SSSR count). The minimum Gasteiger partial charge on any atom is -0.298 e. The highest BCUT2D eigenvalue weighted by molar-refractivity contribution is 7.89. The monoisotopic (exact) mass is 469 g/mol. The number of sulfonamides is 1. The van der Waals surface area contributed by atoms with Gasteiger partial charge in [0, 0.05) is 26.7 Å². The third kappa shape index (κ3) is 5.04. The maximum Gasteiger partial charge on any atom is 0.259 e. The lowest BCUT2D eigenvalue weighted by molar-refractivity contribution is 0.102. The van der Waals surface area contributed by atoms with Crippen molar-refractivity contribution in [2.75, 3.05) is 5.32 Å². The first-order valence-electron chi connectivity index (χ1n) is 8.73. The van der Waals surface area contributed by atoms with Crippen LogP contribution in [-0.4, -0.2) is 25.4 Å². The Morgan fingerprint density at radius 2 is 1.93 bits per heavy atom. The number of rotatable bonds is 6. The van der Waals surface area contributed by atoms with E-state index < -0.39 is 15.9 Å². The zero-order valence-corrected chi connectivity index (χ0v) is 19.4. The van der Waals surface area contributed by atoms with Crippen LogP contribution in [0.3, 0.4) is 0 Å². The average molecular weight is 470 g/mol. The van der Waals surface area contributed by atoms with Crippen LogP contribution in [0.15, 0.2) is 34.5 Å². The van der Waals surface area contributed by atoms with Gasteiger partial charge in [0.05, 0.1) is 21.2 Å². The fourth-order valence-corrected chi connectivity index (χ4v) is 5.85. The number of anilines is 1. The number of thiophene rings is 1. The molecule has 6 nitrogen and oxygen atoms in total. The van der Waals surface area contributed by atoms with Crippen molar-refractivity contribution in [1.29, 1.82) is 0 Å².